The summed E-state index contributed by atoms with van der Waals surface area (Å²) in [5, 5.41) is 15.8. The molecule has 0 spiro atoms. The van der Waals surface area contributed by atoms with Gasteiger partial charge in [0.1, 0.15) is 11.8 Å². The van der Waals surface area contributed by atoms with Crippen LogP contribution in [0.25, 0.3) is 0 Å². The van der Waals surface area contributed by atoms with Crippen LogP contribution in [0.2, 0.25) is 0 Å². The molecule has 15 heavy (non-hydrogen) atoms. The second-order valence-corrected chi connectivity index (χ2v) is 3.64. The standard InChI is InChI=1S/C10H8N4S/c11-5-9-1-3-12-10(14-9)13-6-8-2-4-15-7-8/h1-4,7H,6H2,(H,12,13,14). The molecule has 0 aliphatic carbocycles. The summed E-state index contributed by atoms with van der Waals surface area (Å²) in [6, 6.07) is 5.58. The lowest BCUT2D eigenvalue weighted by atomic mass is 10.3. The molecular weight excluding hydrogens is 208 g/mol. The molecular formula is C10H8N4S. The van der Waals surface area contributed by atoms with E-state index in [2.05, 4.69) is 20.7 Å². The van der Waals surface area contributed by atoms with Crippen molar-refractivity contribution < 1.29 is 0 Å². The van der Waals surface area contributed by atoms with Crippen LogP contribution in [0.1, 0.15) is 11.3 Å². The molecule has 74 valence electrons. The molecule has 0 unspecified atom stereocenters. The monoisotopic (exact) mass is 216 g/mol. The third-order valence-corrected chi connectivity index (χ3v) is 2.53. The molecule has 5 heteroatoms. The zero-order valence-electron chi connectivity index (χ0n) is 7.84. The van der Waals surface area contributed by atoms with E-state index < -0.39 is 0 Å². The summed E-state index contributed by atoms with van der Waals surface area (Å²) in [5.74, 6) is 0.486. The van der Waals surface area contributed by atoms with Gasteiger partial charge in [-0.2, -0.15) is 16.6 Å². The van der Waals surface area contributed by atoms with Crippen molar-refractivity contribution >= 4 is 17.3 Å². The molecule has 0 saturated heterocycles. The second kappa shape index (κ2) is 4.53. The molecule has 0 aromatic carbocycles. The molecule has 0 fully saturated rings. The molecule has 0 aliphatic heterocycles. The minimum Gasteiger partial charge on any atom is -0.350 e. The first kappa shape index (κ1) is 9.62. The average molecular weight is 216 g/mol. The quantitative estimate of drug-likeness (QED) is 0.852. The van der Waals surface area contributed by atoms with Crippen molar-refractivity contribution in [2.24, 2.45) is 0 Å². The third-order valence-electron chi connectivity index (χ3n) is 1.80. The van der Waals surface area contributed by atoms with Crippen LogP contribution < -0.4 is 5.32 Å². The number of anilines is 1. The highest BCUT2D eigenvalue weighted by Gasteiger charge is 1.98. The Morgan fingerprint density at radius 3 is 3.13 bits per heavy atom. The fourth-order valence-corrected chi connectivity index (χ4v) is 1.75. The minimum atomic E-state index is 0.373. The number of nitrogens with one attached hydrogen (secondary N) is 1. The van der Waals surface area contributed by atoms with Crippen LogP contribution >= 0.6 is 11.3 Å². The maximum Gasteiger partial charge on any atom is 0.224 e. The van der Waals surface area contributed by atoms with Gasteiger partial charge >= 0.3 is 0 Å². The van der Waals surface area contributed by atoms with Gasteiger partial charge in [-0.3, -0.25) is 0 Å². The highest BCUT2D eigenvalue weighted by molar-refractivity contribution is 7.07. The summed E-state index contributed by atoms with van der Waals surface area (Å²) >= 11 is 1.65. The summed E-state index contributed by atoms with van der Waals surface area (Å²) in [7, 11) is 0. The Labute approximate surface area is 91.2 Å². The van der Waals surface area contributed by atoms with Gasteiger partial charge < -0.3 is 5.32 Å². The van der Waals surface area contributed by atoms with Gasteiger partial charge in [-0.05, 0) is 28.5 Å². The Hall–Kier alpha value is -1.93. The van der Waals surface area contributed by atoms with Crippen molar-refractivity contribution in [3.8, 4) is 6.07 Å². The number of hydrogen-bond acceptors (Lipinski definition) is 5. The van der Waals surface area contributed by atoms with E-state index in [1.54, 1.807) is 23.6 Å². The Kier molecular flexibility index (Phi) is 2.90. The maximum absolute atomic E-state index is 8.65. The predicted molar refractivity (Wildman–Crippen MR) is 58.4 cm³/mol. The zero-order valence-corrected chi connectivity index (χ0v) is 8.66. The van der Waals surface area contributed by atoms with E-state index >= 15 is 0 Å². The lowest BCUT2D eigenvalue weighted by molar-refractivity contribution is 1.05. The van der Waals surface area contributed by atoms with Crippen LogP contribution in [0.5, 0.6) is 0 Å². The number of hydrogen-bond donors (Lipinski definition) is 1. The van der Waals surface area contributed by atoms with E-state index in [4.69, 9.17) is 5.26 Å². The van der Waals surface area contributed by atoms with E-state index in [1.807, 2.05) is 17.5 Å². The lowest BCUT2D eigenvalue weighted by Crippen LogP contribution is -2.03. The summed E-state index contributed by atoms with van der Waals surface area (Å²) < 4.78 is 0. The van der Waals surface area contributed by atoms with Gasteiger partial charge in [0, 0.05) is 12.7 Å². The highest BCUT2D eigenvalue weighted by Crippen LogP contribution is 2.08. The van der Waals surface area contributed by atoms with Gasteiger partial charge in [0.25, 0.3) is 0 Å². The largest absolute Gasteiger partial charge is 0.350 e. The van der Waals surface area contributed by atoms with E-state index in [9.17, 15) is 0 Å². The number of rotatable bonds is 3. The topological polar surface area (TPSA) is 61.6 Å². The minimum absolute atomic E-state index is 0.373. The molecule has 2 aromatic rings. The first-order valence-electron chi connectivity index (χ1n) is 4.36. The fourth-order valence-electron chi connectivity index (χ4n) is 1.08. The van der Waals surface area contributed by atoms with Gasteiger partial charge in [0.05, 0.1) is 0 Å². The normalized spacial score (nSPS) is 9.53. The number of nitrogens with zero attached hydrogens (tertiary/aromatic N) is 3. The van der Waals surface area contributed by atoms with Crippen molar-refractivity contribution in [1.29, 1.82) is 5.26 Å². The number of thiophene rings is 1. The fraction of sp³-hybridized carbons (Fsp3) is 0.100. The molecule has 2 rings (SSSR count). The van der Waals surface area contributed by atoms with Crippen LogP contribution in [0.15, 0.2) is 29.1 Å². The Morgan fingerprint density at radius 1 is 1.47 bits per heavy atom. The number of aromatic nitrogens is 2. The van der Waals surface area contributed by atoms with Gasteiger partial charge in [-0.1, -0.05) is 0 Å². The van der Waals surface area contributed by atoms with Crippen molar-refractivity contribution in [3.63, 3.8) is 0 Å². The zero-order chi connectivity index (χ0) is 10.5. The molecule has 0 saturated carbocycles. The first-order chi connectivity index (χ1) is 7.38. The lowest BCUT2D eigenvalue weighted by Gasteiger charge is -2.01. The van der Waals surface area contributed by atoms with Crippen molar-refractivity contribution in [2.45, 2.75) is 6.54 Å². The summed E-state index contributed by atoms with van der Waals surface area (Å²) in [6.07, 6.45) is 1.57. The van der Waals surface area contributed by atoms with Crippen LogP contribution in [-0.2, 0) is 6.54 Å². The third kappa shape index (κ3) is 2.51. The van der Waals surface area contributed by atoms with E-state index in [1.165, 1.54) is 5.56 Å². The van der Waals surface area contributed by atoms with Crippen molar-refractivity contribution in [2.75, 3.05) is 5.32 Å². The molecule has 0 aliphatic rings. The second-order valence-electron chi connectivity index (χ2n) is 2.86. The molecule has 4 nitrogen and oxygen atoms in total. The summed E-state index contributed by atoms with van der Waals surface area (Å²) in [5.41, 5.74) is 1.56. The SMILES string of the molecule is N#Cc1ccnc(NCc2ccsc2)n1. The average Bonchev–Trinajstić information content (AvgIpc) is 2.79. The predicted octanol–water partition coefficient (Wildman–Crippen LogP) is 2.02. The van der Waals surface area contributed by atoms with E-state index in [0.717, 1.165) is 0 Å². The molecule has 0 atom stereocenters. The molecule has 2 heterocycles. The van der Waals surface area contributed by atoms with Crippen LogP contribution in [0.4, 0.5) is 5.95 Å². The molecule has 0 amide bonds. The maximum atomic E-state index is 8.65. The Morgan fingerprint density at radius 2 is 2.40 bits per heavy atom. The molecule has 1 N–H and O–H groups in total. The van der Waals surface area contributed by atoms with Crippen molar-refractivity contribution in [3.05, 3.63) is 40.3 Å². The Bertz CT molecular complexity index is 472. The van der Waals surface area contributed by atoms with Crippen molar-refractivity contribution in [1.82, 2.24) is 9.97 Å². The molecule has 0 bridgehead atoms. The van der Waals surface area contributed by atoms with Gasteiger partial charge in [-0.25, -0.2) is 9.97 Å². The molecule has 0 radical (unpaired) electrons. The first-order valence-corrected chi connectivity index (χ1v) is 5.31. The van der Waals surface area contributed by atoms with Gasteiger partial charge in [-0.15, -0.1) is 0 Å². The van der Waals surface area contributed by atoms with Crippen LogP contribution in [-0.4, -0.2) is 9.97 Å². The highest BCUT2D eigenvalue weighted by atomic mass is 32.1. The summed E-state index contributed by atoms with van der Waals surface area (Å²) in [6.45, 7) is 0.679. The summed E-state index contributed by atoms with van der Waals surface area (Å²) in [4.78, 5) is 8.03. The van der Waals surface area contributed by atoms with E-state index in [-0.39, 0.29) is 0 Å². The van der Waals surface area contributed by atoms with Crippen LogP contribution in [0.3, 0.4) is 0 Å². The van der Waals surface area contributed by atoms with Gasteiger partial charge in [0.15, 0.2) is 0 Å². The Balaban J connectivity index is 2.02. The van der Waals surface area contributed by atoms with Crippen LogP contribution in [0, 0.1) is 11.3 Å². The molecule has 2 aromatic heterocycles. The smallest absolute Gasteiger partial charge is 0.224 e. The van der Waals surface area contributed by atoms with Gasteiger partial charge in [0.2, 0.25) is 5.95 Å². The number of nitriles is 1. The van der Waals surface area contributed by atoms with E-state index in [0.29, 0.717) is 18.2 Å².